The molecule has 0 saturated carbocycles. The number of benzene rings is 3. The number of hydrogen-bond donors (Lipinski definition) is 0. The zero-order valence-corrected chi connectivity index (χ0v) is 17.8. The van der Waals surface area contributed by atoms with Gasteiger partial charge in [-0.15, -0.1) is 0 Å². The van der Waals surface area contributed by atoms with Crippen LogP contribution in [0.25, 0.3) is 0 Å². The Morgan fingerprint density at radius 3 is 2.44 bits per heavy atom. The summed E-state index contributed by atoms with van der Waals surface area (Å²) in [6, 6.07) is 24.1. The number of nitrogens with zero attached hydrogens (tertiary/aromatic N) is 2. The molecule has 0 bridgehead atoms. The molecule has 2 amide bonds. The molecule has 32 heavy (non-hydrogen) atoms. The Hall–Kier alpha value is -3.47. The molecule has 0 aliphatic carbocycles. The van der Waals surface area contributed by atoms with Crippen molar-refractivity contribution >= 4 is 11.8 Å². The fourth-order valence-electron chi connectivity index (χ4n) is 4.94. The van der Waals surface area contributed by atoms with Crippen molar-refractivity contribution in [3.05, 3.63) is 107 Å². The lowest BCUT2D eigenvalue weighted by molar-refractivity contribution is -0.137. The van der Waals surface area contributed by atoms with Gasteiger partial charge in [-0.05, 0) is 40.8 Å². The minimum Gasteiger partial charge on any atom is -0.338 e. The molecule has 0 spiro atoms. The maximum Gasteiger partial charge on any atom is 0.228 e. The SMILES string of the molecule is O=C1CC(C(=O)N2CCc3ccccc3C2c2ccc(F)cc2)CN1Cc1ccccc1. The Balaban J connectivity index is 1.41. The quantitative estimate of drug-likeness (QED) is 0.620. The molecule has 3 aromatic rings. The van der Waals surface area contributed by atoms with E-state index in [1.54, 1.807) is 17.0 Å². The average Bonchev–Trinajstić information content (AvgIpc) is 3.19. The van der Waals surface area contributed by atoms with Crippen LogP contribution in [0.1, 0.15) is 34.7 Å². The molecule has 2 aliphatic rings. The van der Waals surface area contributed by atoms with Crippen LogP contribution in [-0.2, 0) is 22.6 Å². The van der Waals surface area contributed by atoms with Crippen molar-refractivity contribution < 1.29 is 14.0 Å². The highest BCUT2D eigenvalue weighted by Gasteiger charge is 2.40. The maximum absolute atomic E-state index is 13.7. The normalized spacial score (nSPS) is 20.3. The average molecular weight is 429 g/mol. The fourth-order valence-corrected chi connectivity index (χ4v) is 4.94. The van der Waals surface area contributed by atoms with Crippen LogP contribution in [0.5, 0.6) is 0 Å². The molecule has 1 saturated heterocycles. The molecule has 4 nitrogen and oxygen atoms in total. The van der Waals surface area contributed by atoms with Crippen LogP contribution in [0.3, 0.4) is 0 Å². The van der Waals surface area contributed by atoms with Crippen LogP contribution in [0.4, 0.5) is 4.39 Å². The summed E-state index contributed by atoms with van der Waals surface area (Å²) < 4.78 is 13.6. The van der Waals surface area contributed by atoms with Gasteiger partial charge in [0.2, 0.25) is 11.8 Å². The van der Waals surface area contributed by atoms with E-state index in [1.807, 2.05) is 53.4 Å². The van der Waals surface area contributed by atoms with Gasteiger partial charge in [0.1, 0.15) is 5.82 Å². The van der Waals surface area contributed by atoms with E-state index in [0.29, 0.717) is 19.6 Å². The Bertz CT molecular complexity index is 1130. The fraction of sp³-hybridized carbons (Fsp3) is 0.259. The first-order valence-electron chi connectivity index (χ1n) is 11.1. The largest absolute Gasteiger partial charge is 0.338 e. The molecule has 162 valence electrons. The van der Waals surface area contributed by atoms with Crippen molar-refractivity contribution in [2.75, 3.05) is 13.1 Å². The van der Waals surface area contributed by atoms with E-state index in [-0.39, 0.29) is 36.0 Å². The van der Waals surface area contributed by atoms with Gasteiger partial charge in [0.25, 0.3) is 0 Å². The second-order valence-electron chi connectivity index (χ2n) is 8.60. The third-order valence-electron chi connectivity index (χ3n) is 6.53. The first-order valence-corrected chi connectivity index (χ1v) is 11.1. The van der Waals surface area contributed by atoms with Gasteiger partial charge in [-0.1, -0.05) is 66.7 Å². The molecule has 2 unspecified atom stereocenters. The van der Waals surface area contributed by atoms with E-state index in [0.717, 1.165) is 23.1 Å². The molecule has 5 rings (SSSR count). The topological polar surface area (TPSA) is 40.6 Å². The number of hydrogen-bond acceptors (Lipinski definition) is 2. The van der Waals surface area contributed by atoms with Gasteiger partial charge in [-0.25, -0.2) is 4.39 Å². The zero-order valence-electron chi connectivity index (χ0n) is 17.8. The van der Waals surface area contributed by atoms with E-state index < -0.39 is 0 Å². The Kier molecular flexibility index (Phi) is 5.48. The maximum atomic E-state index is 13.7. The molecule has 0 radical (unpaired) electrons. The van der Waals surface area contributed by atoms with Crippen molar-refractivity contribution in [3.8, 4) is 0 Å². The lowest BCUT2D eigenvalue weighted by Crippen LogP contribution is -2.44. The molecule has 0 N–H and O–H groups in total. The second-order valence-corrected chi connectivity index (χ2v) is 8.60. The van der Waals surface area contributed by atoms with E-state index in [2.05, 4.69) is 6.07 Å². The van der Waals surface area contributed by atoms with Crippen LogP contribution in [-0.4, -0.2) is 34.7 Å². The van der Waals surface area contributed by atoms with Gasteiger partial charge in [0.15, 0.2) is 0 Å². The summed E-state index contributed by atoms with van der Waals surface area (Å²) in [6.07, 6.45) is 1.01. The first kappa shape index (κ1) is 20.4. The molecular formula is C27H25FN2O2. The van der Waals surface area contributed by atoms with Crippen LogP contribution in [0.2, 0.25) is 0 Å². The van der Waals surface area contributed by atoms with Gasteiger partial charge in [-0.3, -0.25) is 9.59 Å². The summed E-state index contributed by atoms with van der Waals surface area (Å²) in [5.41, 5.74) is 4.23. The lowest BCUT2D eigenvalue weighted by Gasteiger charge is -2.39. The van der Waals surface area contributed by atoms with Crippen LogP contribution >= 0.6 is 0 Å². The zero-order chi connectivity index (χ0) is 22.1. The first-order chi connectivity index (χ1) is 15.6. The number of carbonyl (C=O) groups is 2. The number of likely N-dealkylation sites (tertiary alicyclic amines) is 1. The molecule has 5 heteroatoms. The van der Waals surface area contributed by atoms with Gasteiger partial charge < -0.3 is 9.80 Å². The Morgan fingerprint density at radius 2 is 1.66 bits per heavy atom. The molecular weight excluding hydrogens is 403 g/mol. The lowest BCUT2D eigenvalue weighted by atomic mass is 9.87. The number of carbonyl (C=O) groups excluding carboxylic acids is 2. The molecule has 2 aliphatic heterocycles. The summed E-state index contributed by atoms with van der Waals surface area (Å²) in [4.78, 5) is 30.0. The van der Waals surface area contributed by atoms with Crippen molar-refractivity contribution in [1.82, 2.24) is 9.80 Å². The third-order valence-corrected chi connectivity index (χ3v) is 6.53. The monoisotopic (exact) mass is 428 g/mol. The number of amides is 2. The van der Waals surface area contributed by atoms with E-state index >= 15 is 0 Å². The van der Waals surface area contributed by atoms with E-state index in [9.17, 15) is 14.0 Å². The second kappa shape index (κ2) is 8.58. The standard InChI is InChI=1S/C27H25FN2O2/c28-23-12-10-21(11-13-23)26-24-9-5-4-8-20(24)14-15-30(26)27(32)22-16-25(31)29(18-22)17-19-6-2-1-3-7-19/h1-13,22,26H,14-18H2. The van der Waals surface area contributed by atoms with Crippen LogP contribution < -0.4 is 0 Å². The van der Waals surface area contributed by atoms with Gasteiger partial charge >= 0.3 is 0 Å². The van der Waals surface area contributed by atoms with Crippen molar-refractivity contribution in [2.24, 2.45) is 5.92 Å². The minimum absolute atomic E-state index is 0.00209. The van der Waals surface area contributed by atoms with Gasteiger partial charge in [0, 0.05) is 26.1 Å². The number of rotatable bonds is 4. The highest BCUT2D eigenvalue weighted by atomic mass is 19.1. The number of halogens is 1. The van der Waals surface area contributed by atoms with Crippen molar-refractivity contribution in [1.29, 1.82) is 0 Å². The van der Waals surface area contributed by atoms with Gasteiger partial charge in [0.05, 0.1) is 12.0 Å². The highest BCUT2D eigenvalue weighted by molar-refractivity contribution is 5.89. The Morgan fingerprint density at radius 1 is 0.938 bits per heavy atom. The predicted molar refractivity (Wildman–Crippen MR) is 120 cm³/mol. The van der Waals surface area contributed by atoms with E-state index in [4.69, 9.17) is 0 Å². The summed E-state index contributed by atoms with van der Waals surface area (Å²) in [5, 5.41) is 0. The summed E-state index contributed by atoms with van der Waals surface area (Å²) in [7, 11) is 0. The van der Waals surface area contributed by atoms with E-state index in [1.165, 1.54) is 17.7 Å². The van der Waals surface area contributed by atoms with Crippen molar-refractivity contribution in [3.63, 3.8) is 0 Å². The molecule has 2 atom stereocenters. The molecule has 3 aromatic carbocycles. The van der Waals surface area contributed by atoms with Crippen molar-refractivity contribution in [2.45, 2.75) is 25.4 Å². The van der Waals surface area contributed by atoms with Gasteiger partial charge in [-0.2, -0.15) is 0 Å². The number of fused-ring (bicyclic) bond motifs is 1. The summed E-state index contributed by atoms with van der Waals surface area (Å²) in [5.74, 6) is -0.645. The highest BCUT2D eigenvalue weighted by Crippen LogP contribution is 2.37. The summed E-state index contributed by atoms with van der Waals surface area (Å²) >= 11 is 0. The predicted octanol–water partition coefficient (Wildman–Crippen LogP) is 4.35. The summed E-state index contributed by atoms with van der Waals surface area (Å²) in [6.45, 7) is 1.54. The molecule has 0 aromatic heterocycles. The smallest absolute Gasteiger partial charge is 0.228 e. The third kappa shape index (κ3) is 3.91. The Labute approximate surface area is 187 Å². The molecule has 2 heterocycles. The van der Waals surface area contributed by atoms with Crippen LogP contribution in [0.15, 0.2) is 78.9 Å². The minimum atomic E-state index is -0.362. The molecule has 1 fully saturated rings. The van der Waals surface area contributed by atoms with Crippen LogP contribution in [0, 0.1) is 11.7 Å².